The van der Waals surface area contributed by atoms with Gasteiger partial charge in [-0.15, -0.1) is 11.3 Å². The van der Waals surface area contributed by atoms with Gasteiger partial charge < -0.3 is 5.32 Å². The minimum atomic E-state index is -0.0566. The van der Waals surface area contributed by atoms with Crippen LogP contribution in [0.5, 0.6) is 0 Å². The molecule has 3 aromatic rings. The van der Waals surface area contributed by atoms with Crippen LogP contribution in [0.15, 0.2) is 46.3 Å². The zero-order valence-electron chi connectivity index (χ0n) is 16.0. The smallest absolute Gasteiger partial charge is 0.262 e. The van der Waals surface area contributed by atoms with E-state index in [2.05, 4.69) is 10.3 Å². The molecule has 1 aliphatic rings. The summed E-state index contributed by atoms with van der Waals surface area (Å²) in [5.74, 6) is 0.206. The molecule has 0 bridgehead atoms. The number of para-hydroxylation sites is 1. The first-order chi connectivity index (χ1) is 14.0. The van der Waals surface area contributed by atoms with Crippen molar-refractivity contribution in [3.05, 3.63) is 56.5 Å². The van der Waals surface area contributed by atoms with Crippen LogP contribution in [-0.2, 0) is 11.2 Å². The molecule has 8 heteroatoms. The highest BCUT2D eigenvalue weighted by atomic mass is 32.2. The van der Waals surface area contributed by atoms with E-state index in [-0.39, 0.29) is 29.0 Å². The lowest BCUT2D eigenvalue weighted by Gasteiger charge is -2.11. The van der Waals surface area contributed by atoms with E-state index in [9.17, 15) is 14.4 Å². The van der Waals surface area contributed by atoms with Crippen molar-refractivity contribution in [3.63, 3.8) is 0 Å². The van der Waals surface area contributed by atoms with Gasteiger partial charge in [-0.1, -0.05) is 23.9 Å². The molecule has 1 amide bonds. The first-order valence-corrected chi connectivity index (χ1v) is 11.3. The molecule has 1 aliphatic carbocycles. The van der Waals surface area contributed by atoms with Crippen LogP contribution in [0, 0.1) is 0 Å². The summed E-state index contributed by atoms with van der Waals surface area (Å²) in [4.78, 5) is 42.9. The molecule has 4 rings (SSSR count). The topological polar surface area (TPSA) is 81.1 Å². The van der Waals surface area contributed by atoms with Crippen molar-refractivity contribution in [1.82, 2.24) is 14.9 Å². The van der Waals surface area contributed by atoms with Crippen molar-refractivity contribution in [2.45, 2.75) is 37.4 Å². The maximum absolute atomic E-state index is 12.9. The number of thioether (sulfide) groups is 1. The molecule has 1 saturated carbocycles. The normalized spacial score (nSPS) is 13.6. The average molecular weight is 428 g/mol. The Hall–Kier alpha value is -2.45. The maximum atomic E-state index is 12.9. The number of Topliss-reactive ketones (excluding diaryl/α,β-unsaturated/α-hetero) is 1. The van der Waals surface area contributed by atoms with Crippen molar-refractivity contribution in [2.24, 2.45) is 0 Å². The third-order valence-electron chi connectivity index (χ3n) is 4.70. The SMILES string of the molecule is CC(=O)NCCc1ccc(C(=O)CSc2nc3ccccc3c(=O)n2C2CC2)s1. The number of nitrogens with one attached hydrogen (secondary N) is 1. The van der Waals surface area contributed by atoms with E-state index in [4.69, 9.17) is 0 Å². The van der Waals surface area contributed by atoms with Gasteiger partial charge in [0.2, 0.25) is 5.91 Å². The Morgan fingerprint density at radius 1 is 1.24 bits per heavy atom. The molecule has 0 spiro atoms. The molecule has 0 radical (unpaired) electrons. The first-order valence-electron chi connectivity index (χ1n) is 9.53. The van der Waals surface area contributed by atoms with Crippen LogP contribution in [-0.4, -0.2) is 33.5 Å². The number of hydrogen-bond donors (Lipinski definition) is 1. The van der Waals surface area contributed by atoms with Crippen LogP contribution in [0.1, 0.15) is 40.4 Å². The van der Waals surface area contributed by atoms with E-state index >= 15 is 0 Å². The number of nitrogens with zero attached hydrogens (tertiary/aromatic N) is 2. The van der Waals surface area contributed by atoms with Gasteiger partial charge in [0.15, 0.2) is 10.9 Å². The summed E-state index contributed by atoms with van der Waals surface area (Å²) in [6, 6.07) is 11.3. The Bertz CT molecular complexity index is 1130. The number of thiophene rings is 1. The van der Waals surface area contributed by atoms with Crippen molar-refractivity contribution in [2.75, 3.05) is 12.3 Å². The predicted octanol–water partition coefficient (Wildman–Crippen LogP) is 3.45. The molecule has 150 valence electrons. The van der Waals surface area contributed by atoms with Crippen molar-refractivity contribution >= 4 is 45.7 Å². The first kappa shape index (κ1) is 19.8. The lowest BCUT2D eigenvalue weighted by molar-refractivity contribution is -0.118. The average Bonchev–Trinajstić information content (AvgIpc) is 3.43. The second-order valence-electron chi connectivity index (χ2n) is 7.03. The van der Waals surface area contributed by atoms with Gasteiger partial charge in [0.25, 0.3) is 5.56 Å². The Labute approximate surface area is 176 Å². The van der Waals surface area contributed by atoms with Crippen LogP contribution in [0.4, 0.5) is 0 Å². The van der Waals surface area contributed by atoms with Gasteiger partial charge in [-0.05, 0) is 43.5 Å². The molecule has 6 nitrogen and oxygen atoms in total. The fraction of sp³-hybridized carbons (Fsp3) is 0.333. The second kappa shape index (κ2) is 8.51. The zero-order chi connectivity index (χ0) is 20.4. The summed E-state index contributed by atoms with van der Waals surface area (Å²) in [5.41, 5.74) is 0.644. The third-order valence-corrected chi connectivity index (χ3v) is 6.84. The van der Waals surface area contributed by atoms with Gasteiger partial charge in [0.1, 0.15) is 0 Å². The van der Waals surface area contributed by atoms with Crippen molar-refractivity contribution in [3.8, 4) is 0 Å². The molecule has 1 fully saturated rings. The minimum absolute atomic E-state index is 0.0236. The Morgan fingerprint density at radius 2 is 2.03 bits per heavy atom. The minimum Gasteiger partial charge on any atom is -0.356 e. The Kier molecular flexibility index (Phi) is 5.82. The molecular formula is C21H21N3O3S2. The highest BCUT2D eigenvalue weighted by molar-refractivity contribution is 7.99. The second-order valence-corrected chi connectivity index (χ2v) is 9.14. The molecule has 0 unspecified atom stereocenters. The van der Waals surface area contributed by atoms with Crippen molar-refractivity contribution < 1.29 is 9.59 Å². The number of carbonyl (C=O) groups excluding carboxylic acids is 2. The van der Waals surface area contributed by atoms with E-state index in [1.165, 1.54) is 30.0 Å². The monoisotopic (exact) mass is 427 g/mol. The predicted molar refractivity (Wildman–Crippen MR) is 116 cm³/mol. The molecule has 0 atom stereocenters. The molecule has 0 aliphatic heterocycles. The summed E-state index contributed by atoms with van der Waals surface area (Å²) in [6.07, 6.45) is 2.66. The van der Waals surface area contributed by atoms with Crippen LogP contribution in [0.3, 0.4) is 0 Å². The number of ketones is 1. The van der Waals surface area contributed by atoms with Gasteiger partial charge in [-0.3, -0.25) is 19.0 Å². The van der Waals surface area contributed by atoms with Gasteiger partial charge in [-0.2, -0.15) is 0 Å². The van der Waals surface area contributed by atoms with Gasteiger partial charge in [0, 0.05) is 24.4 Å². The van der Waals surface area contributed by atoms with Crippen molar-refractivity contribution in [1.29, 1.82) is 0 Å². The van der Waals surface area contributed by atoms with Crippen LogP contribution in [0.25, 0.3) is 10.9 Å². The molecule has 1 N–H and O–H groups in total. The summed E-state index contributed by atoms with van der Waals surface area (Å²) < 4.78 is 1.76. The van der Waals surface area contributed by atoms with Crippen LogP contribution in [0.2, 0.25) is 0 Å². The number of hydrogen-bond acceptors (Lipinski definition) is 6. The summed E-state index contributed by atoms with van der Waals surface area (Å²) in [5, 5.41) is 4.00. The van der Waals surface area contributed by atoms with E-state index < -0.39 is 0 Å². The lowest BCUT2D eigenvalue weighted by Crippen LogP contribution is -2.22. The fourth-order valence-electron chi connectivity index (χ4n) is 3.11. The third kappa shape index (κ3) is 4.59. The maximum Gasteiger partial charge on any atom is 0.262 e. The number of carbonyl (C=O) groups is 2. The number of rotatable bonds is 8. The fourth-order valence-corrected chi connectivity index (χ4v) is 5.09. The van der Waals surface area contributed by atoms with Gasteiger partial charge in [-0.25, -0.2) is 4.98 Å². The number of fused-ring (bicyclic) bond motifs is 1. The van der Waals surface area contributed by atoms with Gasteiger partial charge >= 0.3 is 0 Å². The Balaban J connectivity index is 1.48. The van der Waals surface area contributed by atoms with Gasteiger partial charge in [0.05, 0.1) is 21.5 Å². The molecule has 1 aromatic carbocycles. The quantitative estimate of drug-likeness (QED) is 0.338. The van der Waals surface area contributed by atoms with E-state index in [0.29, 0.717) is 33.9 Å². The van der Waals surface area contributed by atoms with E-state index in [0.717, 1.165) is 17.7 Å². The number of benzene rings is 1. The molecule has 29 heavy (non-hydrogen) atoms. The standard InChI is InChI=1S/C21H21N3O3S2/c1-13(25)22-11-10-15-8-9-19(29-15)18(26)12-28-21-23-17-5-3-2-4-16(17)20(27)24(21)14-6-7-14/h2-5,8-9,14H,6-7,10-12H2,1H3,(H,22,25). The summed E-state index contributed by atoms with van der Waals surface area (Å²) in [7, 11) is 0. The molecule has 0 saturated heterocycles. The zero-order valence-corrected chi connectivity index (χ0v) is 17.6. The lowest BCUT2D eigenvalue weighted by atomic mass is 10.2. The molecule has 2 aromatic heterocycles. The largest absolute Gasteiger partial charge is 0.356 e. The summed E-state index contributed by atoms with van der Waals surface area (Å²) >= 11 is 2.78. The Morgan fingerprint density at radius 3 is 2.79 bits per heavy atom. The van der Waals surface area contributed by atoms with E-state index in [1.807, 2.05) is 30.3 Å². The number of amides is 1. The van der Waals surface area contributed by atoms with E-state index in [1.54, 1.807) is 10.6 Å². The molecule has 2 heterocycles. The van der Waals surface area contributed by atoms with Crippen LogP contribution < -0.4 is 10.9 Å². The highest BCUT2D eigenvalue weighted by Crippen LogP contribution is 2.37. The van der Waals surface area contributed by atoms with Crippen LogP contribution >= 0.6 is 23.1 Å². The number of aromatic nitrogens is 2. The highest BCUT2D eigenvalue weighted by Gasteiger charge is 2.28. The summed E-state index contributed by atoms with van der Waals surface area (Å²) in [6.45, 7) is 2.05. The molecular weight excluding hydrogens is 406 g/mol.